The maximum absolute atomic E-state index is 11.4. The quantitative estimate of drug-likeness (QED) is 0.834. The molecule has 19 heavy (non-hydrogen) atoms. The molecular formula is C15H17N3O. The van der Waals surface area contributed by atoms with Crippen molar-refractivity contribution in [3.05, 3.63) is 42.1 Å². The predicted octanol–water partition coefficient (Wildman–Crippen LogP) is 3.17. The molecule has 0 aliphatic carbocycles. The lowest BCUT2D eigenvalue weighted by molar-refractivity contribution is 0.101. The van der Waals surface area contributed by atoms with Crippen molar-refractivity contribution in [2.24, 2.45) is 0 Å². The number of hydrogen-bond donors (Lipinski definition) is 1. The number of anilines is 1. The first-order chi connectivity index (χ1) is 9.20. The maximum Gasteiger partial charge on any atom is 0.161 e. The Kier molecular flexibility index (Phi) is 4.23. The molecule has 98 valence electrons. The number of hydrogen-bond acceptors (Lipinski definition) is 4. The third kappa shape index (κ3) is 3.37. The van der Waals surface area contributed by atoms with E-state index < -0.39 is 0 Å². The zero-order valence-corrected chi connectivity index (χ0v) is 11.2. The lowest BCUT2D eigenvalue weighted by Gasteiger charge is -2.06. The molecule has 1 aromatic heterocycles. The highest BCUT2D eigenvalue weighted by Gasteiger charge is 2.05. The first-order valence-electron chi connectivity index (χ1n) is 6.39. The number of nitrogens with zero attached hydrogens (tertiary/aromatic N) is 2. The molecule has 1 heterocycles. The fourth-order valence-electron chi connectivity index (χ4n) is 1.73. The molecule has 1 aromatic carbocycles. The highest BCUT2D eigenvalue weighted by molar-refractivity contribution is 5.95. The number of benzene rings is 1. The Balaban J connectivity index is 2.30. The number of aromatic nitrogens is 2. The molecule has 1 N–H and O–H groups in total. The third-order valence-corrected chi connectivity index (χ3v) is 2.74. The standard InChI is InChI=1S/C15H17N3O/c1-3-8-16-14-7-9-17-15(18-14)13-6-4-5-12(10-13)11(2)19/h4-7,9-10H,3,8H2,1-2H3,(H,16,17,18). The second kappa shape index (κ2) is 6.09. The van der Waals surface area contributed by atoms with Gasteiger partial charge in [0, 0.05) is 23.9 Å². The number of Topliss-reactive ketones (excluding diaryl/α,β-unsaturated/α-hetero) is 1. The van der Waals surface area contributed by atoms with Crippen LogP contribution in [0.3, 0.4) is 0 Å². The monoisotopic (exact) mass is 255 g/mol. The van der Waals surface area contributed by atoms with Crippen LogP contribution in [0.2, 0.25) is 0 Å². The van der Waals surface area contributed by atoms with E-state index in [1.807, 2.05) is 24.3 Å². The Bertz CT molecular complexity index is 581. The van der Waals surface area contributed by atoms with Crippen LogP contribution in [0, 0.1) is 0 Å². The van der Waals surface area contributed by atoms with Gasteiger partial charge in [0.25, 0.3) is 0 Å². The third-order valence-electron chi connectivity index (χ3n) is 2.74. The van der Waals surface area contributed by atoms with Gasteiger partial charge in [-0.1, -0.05) is 25.1 Å². The lowest BCUT2D eigenvalue weighted by atomic mass is 10.1. The zero-order chi connectivity index (χ0) is 13.7. The first kappa shape index (κ1) is 13.2. The summed E-state index contributed by atoms with van der Waals surface area (Å²) < 4.78 is 0. The predicted molar refractivity (Wildman–Crippen MR) is 76.3 cm³/mol. The average molecular weight is 255 g/mol. The van der Waals surface area contributed by atoms with E-state index in [-0.39, 0.29) is 5.78 Å². The highest BCUT2D eigenvalue weighted by Crippen LogP contribution is 2.18. The van der Waals surface area contributed by atoms with Gasteiger partial charge in [0.15, 0.2) is 11.6 Å². The van der Waals surface area contributed by atoms with Crippen molar-refractivity contribution in [3.63, 3.8) is 0 Å². The second-order valence-electron chi connectivity index (χ2n) is 4.33. The van der Waals surface area contributed by atoms with Crippen LogP contribution >= 0.6 is 0 Å². The van der Waals surface area contributed by atoms with Crippen molar-refractivity contribution in [1.82, 2.24) is 9.97 Å². The molecule has 2 rings (SSSR count). The van der Waals surface area contributed by atoms with Crippen LogP contribution in [-0.4, -0.2) is 22.3 Å². The normalized spacial score (nSPS) is 10.2. The van der Waals surface area contributed by atoms with Gasteiger partial charge >= 0.3 is 0 Å². The minimum atomic E-state index is 0.0436. The molecule has 0 aliphatic rings. The molecule has 4 heteroatoms. The average Bonchev–Trinajstić information content (AvgIpc) is 2.45. The van der Waals surface area contributed by atoms with E-state index in [0.29, 0.717) is 11.4 Å². The van der Waals surface area contributed by atoms with E-state index in [1.165, 1.54) is 0 Å². The maximum atomic E-state index is 11.4. The summed E-state index contributed by atoms with van der Waals surface area (Å²) in [7, 11) is 0. The van der Waals surface area contributed by atoms with Crippen LogP contribution in [0.1, 0.15) is 30.6 Å². The van der Waals surface area contributed by atoms with Gasteiger partial charge in [0.2, 0.25) is 0 Å². The molecule has 0 unspecified atom stereocenters. The van der Waals surface area contributed by atoms with Crippen LogP contribution < -0.4 is 5.32 Å². The van der Waals surface area contributed by atoms with Gasteiger partial charge in [-0.25, -0.2) is 9.97 Å². The van der Waals surface area contributed by atoms with Crippen LogP contribution in [0.5, 0.6) is 0 Å². The van der Waals surface area contributed by atoms with Crippen LogP contribution in [0.25, 0.3) is 11.4 Å². The Morgan fingerprint density at radius 1 is 1.32 bits per heavy atom. The number of carbonyl (C=O) groups is 1. The Labute approximate surface area is 112 Å². The summed E-state index contributed by atoms with van der Waals surface area (Å²) in [6.45, 7) is 4.54. The summed E-state index contributed by atoms with van der Waals surface area (Å²) in [4.78, 5) is 20.1. The van der Waals surface area contributed by atoms with E-state index >= 15 is 0 Å². The van der Waals surface area contributed by atoms with Crippen molar-refractivity contribution < 1.29 is 4.79 Å². The fraction of sp³-hybridized carbons (Fsp3) is 0.267. The summed E-state index contributed by atoms with van der Waals surface area (Å²) in [5.41, 5.74) is 1.53. The minimum absolute atomic E-state index is 0.0436. The topological polar surface area (TPSA) is 54.9 Å². The van der Waals surface area contributed by atoms with E-state index in [4.69, 9.17) is 0 Å². The molecule has 0 fully saturated rings. The second-order valence-corrected chi connectivity index (χ2v) is 4.33. The van der Waals surface area contributed by atoms with Crippen LogP contribution in [0.15, 0.2) is 36.5 Å². The Morgan fingerprint density at radius 2 is 2.16 bits per heavy atom. The van der Waals surface area contributed by atoms with Gasteiger partial charge in [-0.2, -0.15) is 0 Å². The molecule has 0 radical (unpaired) electrons. The summed E-state index contributed by atoms with van der Waals surface area (Å²) in [6, 6.07) is 9.22. The van der Waals surface area contributed by atoms with Gasteiger partial charge in [0.1, 0.15) is 5.82 Å². The van der Waals surface area contributed by atoms with Gasteiger partial charge in [-0.15, -0.1) is 0 Å². The molecular weight excluding hydrogens is 238 g/mol. The summed E-state index contributed by atoms with van der Waals surface area (Å²) in [6.07, 6.45) is 2.76. The van der Waals surface area contributed by atoms with Crippen molar-refractivity contribution in [1.29, 1.82) is 0 Å². The number of rotatable bonds is 5. The summed E-state index contributed by atoms with van der Waals surface area (Å²) in [5, 5.41) is 3.22. The Morgan fingerprint density at radius 3 is 2.89 bits per heavy atom. The highest BCUT2D eigenvalue weighted by atomic mass is 16.1. The number of nitrogens with one attached hydrogen (secondary N) is 1. The number of carbonyl (C=O) groups excluding carboxylic acids is 1. The molecule has 0 saturated carbocycles. The first-order valence-corrected chi connectivity index (χ1v) is 6.39. The fourth-order valence-corrected chi connectivity index (χ4v) is 1.73. The molecule has 2 aromatic rings. The van der Waals surface area contributed by atoms with Gasteiger partial charge in [-0.05, 0) is 25.5 Å². The van der Waals surface area contributed by atoms with Gasteiger partial charge in [0.05, 0.1) is 0 Å². The largest absolute Gasteiger partial charge is 0.370 e. The van der Waals surface area contributed by atoms with Crippen molar-refractivity contribution >= 4 is 11.6 Å². The zero-order valence-electron chi connectivity index (χ0n) is 11.2. The van der Waals surface area contributed by atoms with E-state index in [0.717, 1.165) is 24.3 Å². The molecule has 0 aliphatic heterocycles. The SMILES string of the molecule is CCCNc1ccnc(-c2cccc(C(C)=O)c2)n1. The van der Waals surface area contributed by atoms with Gasteiger partial charge in [-0.3, -0.25) is 4.79 Å². The molecule has 4 nitrogen and oxygen atoms in total. The Hall–Kier alpha value is -2.23. The lowest BCUT2D eigenvalue weighted by Crippen LogP contribution is -2.03. The van der Waals surface area contributed by atoms with E-state index in [1.54, 1.807) is 19.2 Å². The molecule has 0 atom stereocenters. The summed E-state index contributed by atoms with van der Waals surface area (Å²) in [5.74, 6) is 1.48. The van der Waals surface area contributed by atoms with Crippen LogP contribution in [-0.2, 0) is 0 Å². The minimum Gasteiger partial charge on any atom is -0.370 e. The van der Waals surface area contributed by atoms with E-state index in [2.05, 4.69) is 22.2 Å². The van der Waals surface area contributed by atoms with Crippen LogP contribution in [0.4, 0.5) is 5.82 Å². The van der Waals surface area contributed by atoms with Crippen molar-refractivity contribution in [2.75, 3.05) is 11.9 Å². The summed E-state index contributed by atoms with van der Waals surface area (Å²) >= 11 is 0. The van der Waals surface area contributed by atoms with Crippen molar-refractivity contribution in [2.45, 2.75) is 20.3 Å². The smallest absolute Gasteiger partial charge is 0.161 e. The molecule has 0 bridgehead atoms. The number of ketones is 1. The molecule has 0 amide bonds. The molecule has 0 saturated heterocycles. The van der Waals surface area contributed by atoms with Crippen molar-refractivity contribution in [3.8, 4) is 11.4 Å². The van der Waals surface area contributed by atoms with E-state index in [9.17, 15) is 4.79 Å². The molecule has 0 spiro atoms. The van der Waals surface area contributed by atoms with Gasteiger partial charge < -0.3 is 5.32 Å².